The third-order valence-corrected chi connectivity index (χ3v) is 3.92. The van der Waals surface area contributed by atoms with Gasteiger partial charge in [-0.05, 0) is 40.0 Å². The first-order valence-corrected chi connectivity index (χ1v) is 6.65. The highest BCUT2D eigenvalue weighted by Crippen LogP contribution is 2.35. The lowest BCUT2D eigenvalue weighted by Crippen LogP contribution is -2.56. The summed E-state index contributed by atoms with van der Waals surface area (Å²) >= 11 is 0. The van der Waals surface area contributed by atoms with Gasteiger partial charge in [0.2, 0.25) is 0 Å². The highest BCUT2D eigenvalue weighted by atomic mass is 19.4. The lowest BCUT2D eigenvalue weighted by atomic mass is 9.86. The van der Waals surface area contributed by atoms with Crippen LogP contribution in [0.5, 0.6) is 0 Å². The molecule has 1 rings (SSSR count). The van der Waals surface area contributed by atoms with Crippen LogP contribution < -0.4 is 5.32 Å². The highest BCUT2D eigenvalue weighted by Gasteiger charge is 2.50. The van der Waals surface area contributed by atoms with Gasteiger partial charge in [-0.15, -0.1) is 6.58 Å². The number of alkyl halides is 3. The van der Waals surface area contributed by atoms with Gasteiger partial charge in [-0.2, -0.15) is 13.2 Å². The summed E-state index contributed by atoms with van der Waals surface area (Å²) in [6.45, 7) is 12.4. The topological polar surface area (TPSA) is 32.3 Å². The molecule has 0 radical (unpaired) electrons. The summed E-state index contributed by atoms with van der Waals surface area (Å²) in [6, 6.07) is 0. The Bertz CT molecular complexity index is 387. The number of hydrogen-bond acceptors (Lipinski definition) is 2. The molecule has 1 fully saturated rings. The SMILES string of the molecule is C=CC[C@H]1CN(C(C)(C)C)C[C@]1(C)NC(=O)C(F)(F)F. The summed E-state index contributed by atoms with van der Waals surface area (Å²) in [5, 5.41) is 2.18. The molecule has 1 N–H and O–H groups in total. The molecule has 0 aliphatic carbocycles. The predicted octanol–water partition coefficient (Wildman–Crippen LogP) is 2.73. The number of halogens is 3. The summed E-state index contributed by atoms with van der Waals surface area (Å²) in [7, 11) is 0. The van der Waals surface area contributed by atoms with E-state index in [-0.39, 0.29) is 11.5 Å². The van der Waals surface area contributed by atoms with Gasteiger partial charge in [0, 0.05) is 18.6 Å². The van der Waals surface area contributed by atoms with E-state index in [1.165, 1.54) is 0 Å². The molecule has 0 saturated carbocycles. The maximum absolute atomic E-state index is 12.5. The van der Waals surface area contributed by atoms with Crippen molar-refractivity contribution in [3.05, 3.63) is 12.7 Å². The molecule has 1 heterocycles. The molecule has 0 aromatic heterocycles. The Morgan fingerprint density at radius 3 is 2.40 bits per heavy atom. The van der Waals surface area contributed by atoms with Gasteiger partial charge in [0.1, 0.15) is 0 Å². The Morgan fingerprint density at radius 1 is 1.45 bits per heavy atom. The van der Waals surface area contributed by atoms with Gasteiger partial charge in [-0.3, -0.25) is 9.69 Å². The van der Waals surface area contributed by atoms with Crippen LogP contribution in [0.25, 0.3) is 0 Å². The minimum atomic E-state index is -4.85. The average molecular weight is 292 g/mol. The molecule has 3 nitrogen and oxygen atoms in total. The van der Waals surface area contributed by atoms with Crippen molar-refractivity contribution in [1.82, 2.24) is 10.2 Å². The van der Waals surface area contributed by atoms with E-state index < -0.39 is 17.6 Å². The van der Waals surface area contributed by atoms with Crippen LogP contribution in [0.4, 0.5) is 13.2 Å². The lowest BCUT2D eigenvalue weighted by molar-refractivity contribution is -0.175. The minimum absolute atomic E-state index is 0.0782. The Morgan fingerprint density at radius 2 is 2.00 bits per heavy atom. The number of nitrogens with zero attached hydrogens (tertiary/aromatic N) is 1. The molecule has 0 bridgehead atoms. The van der Waals surface area contributed by atoms with Gasteiger partial charge in [0.05, 0.1) is 5.54 Å². The van der Waals surface area contributed by atoms with Crippen molar-refractivity contribution in [2.24, 2.45) is 5.92 Å². The van der Waals surface area contributed by atoms with Crippen LogP contribution >= 0.6 is 0 Å². The Kier molecular flexibility index (Phi) is 4.58. The number of rotatable bonds is 3. The van der Waals surface area contributed by atoms with Crippen molar-refractivity contribution in [3.63, 3.8) is 0 Å². The Balaban J connectivity index is 2.93. The van der Waals surface area contributed by atoms with Gasteiger partial charge in [0.25, 0.3) is 0 Å². The quantitative estimate of drug-likeness (QED) is 0.811. The Labute approximate surface area is 118 Å². The zero-order chi connectivity index (χ0) is 15.8. The fourth-order valence-corrected chi connectivity index (χ4v) is 2.58. The van der Waals surface area contributed by atoms with Gasteiger partial charge in [-0.1, -0.05) is 6.08 Å². The molecule has 0 aromatic rings. The van der Waals surface area contributed by atoms with Crippen LogP contribution in [0, 0.1) is 5.92 Å². The maximum atomic E-state index is 12.5. The first kappa shape index (κ1) is 17.0. The molecule has 1 aliphatic rings. The van der Waals surface area contributed by atoms with E-state index in [1.54, 1.807) is 13.0 Å². The summed E-state index contributed by atoms with van der Waals surface area (Å²) < 4.78 is 37.4. The van der Waals surface area contributed by atoms with E-state index in [2.05, 4.69) is 16.8 Å². The van der Waals surface area contributed by atoms with Crippen molar-refractivity contribution < 1.29 is 18.0 Å². The molecule has 0 aromatic carbocycles. The highest BCUT2D eigenvalue weighted by molar-refractivity contribution is 5.82. The van der Waals surface area contributed by atoms with Gasteiger partial charge in [-0.25, -0.2) is 0 Å². The fourth-order valence-electron chi connectivity index (χ4n) is 2.58. The second-order valence-corrected chi connectivity index (χ2v) is 6.64. The van der Waals surface area contributed by atoms with Crippen molar-refractivity contribution in [2.75, 3.05) is 13.1 Å². The molecule has 116 valence electrons. The number of amides is 1. The standard InChI is InChI=1S/C14H23F3N2O/c1-6-7-10-8-19(12(2,3)4)9-13(10,5)18-11(20)14(15,16)17/h6,10H,1,7-9H2,2-5H3,(H,18,20)/t10-,13-/m0/s1. The molecular weight excluding hydrogens is 269 g/mol. The van der Waals surface area contributed by atoms with Crippen LogP contribution in [0.2, 0.25) is 0 Å². The van der Waals surface area contributed by atoms with Gasteiger partial charge >= 0.3 is 12.1 Å². The maximum Gasteiger partial charge on any atom is 0.471 e. The zero-order valence-electron chi connectivity index (χ0n) is 12.5. The average Bonchev–Trinajstić information content (AvgIpc) is 2.55. The third kappa shape index (κ3) is 3.75. The fraction of sp³-hybridized carbons (Fsp3) is 0.786. The lowest BCUT2D eigenvalue weighted by Gasteiger charge is -2.34. The van der Waals surface area contributed by atoms with Gasteiger partial charge < -0.3 is 5.32 Å². The van der Waals surface area contributed by atoms with E-state index in [0.29, 0.717) is 19.5 Å². The summed E-state index contributed by atoms with van der Waals surface area (Å²) in [5.74, 6) is -1.95. The normalized spacial score (nSPS) is 28.4. The molecule has 1 amide bonds. The number of nitrogens with one attached hydrogen (secondary N) is 1. The van der Waals surface area contributed by atoms with E-state index in [9.17, 15) is 18.0 Å². The van der Waals surface area contributed by atoms with Crippen molar-refractivity contribution in [3.8, 4) is 0 Å². The predicted molar refractivity (Wildman–Crippen MR) is 72.2 cm³/mol. The number of likely N-dealkylation sites (tertiary alicyclic amines) is 1. The molecule has 1 saturated heterocycles. The number of carbonyl (C=O) groups excluding carboxylic acids is 1. The molecule has 2 atom stereocenters. The van der Waals surface area contributed by atoms with Crippen LogP contribution in [0.1, 0.15) is 34.1 Å². The van der Waals surface area contributed by atoms with E-state index in [1.807, 2.05) is 20.8 Å². The second kappa shape index (κ2) is 5.39. The number of allylic oxidation sites excluding steroid dienone is 1. The largest absolute Gasteiger partial charge is 0.471 e. The van der Waals surface area contributed by atoms with E-state index >= 15 is 0 Å². The second-order valence-electron chi connectivity index (χ2n) is 6.64. The van der Waals surface area contributed by atoms with Crippen LogP contribution in [0.3, 0.4) is 0 Å². The van der Waals surface area contributed by atoms with Crippen LogP contribution in [0.15, 0.2) is 12.7 Å². The number of hydrogen-bond donors (Lipinski definition) is 1. The van der Waals surface area contributed by atoms with Crippen molar-refractivity contribution in [2.45, 2.75) is 51.4 Å². The third-order valence-electron chi connectivity index (χ3n) is 3.92. The molecule has 0 spiro atoms. The molecule has 20 heavy (non-hydrogen) atoms. The molecular formula is C14H23F3N2O. The zero-order valence-corrected chi connectivity index (χ0v) is 12.5. The first-order chi connectivity index (χ1) is 8.90. The minimum Gasteiger partial charge on any atom is -0.341 e. The first-order valence-electron chi connectivity index (χ1n) is 6.65. The smallest absolute Gasteiger partial charge is 0.341 e. The molecule has 6 heteroatoms. The number of carbonyl (C=O) groups is 1. The molecule has 1 aliphatic heterocycles. The van der Waals surface area contributed by atoms with Crippen molar-refractivity contribution in [1.29, 1.82) is 0 Å². The monoisotopic (exact) mass is 292 g/mol. The summed E-state index contributed by atoms with van der Waals surface area (Å²) in [5.41, 5.74) is -1.05. The molecule has 0 unspecified atom stereocenters. The van der Waals surface area contributed by atoms with Crippen LogP contribution in [-0.4, -0.2) is 41.2 Å². The summed E-state index contributed by atoms with van der Waals surface area (Å²) in [6.07, 6.45) is -2.59. The van der Waals surface area contributed by atoms with E-state index in [0.717, 1.165) is 0 Å². The van der Waals surface area contributed by atoms with Crippen molar-refractivity contribution >= 4 is 5.91 Å². The summed E-state index contributed by atoms with van der Waals surface area (Å²) in [4.78, 5) is 13.3. The Hall–Kier alpha value is -1.04. The van der Waals surface area contributed by atoms with Crippen LogP contribution in [-0.2, 0) is 4.79 Å². The van der Waals surface area contributed by atoms with Gasteiger partial charge in [0.15, 0.2) is 0 Å². The van der Waals surface area contributed by atoms with E-state index in [4.69, 9.17) is 0 Å².